The number of nitrogens with one attached hydrogen (secondary N) is 1. The van der Waals surface area contributed by atoms with Gasteiger partial charge < -0.3 is 14.6 Å². The highest BCUT2D eigenvalue weighted by molar-refractivity contribution is 5.93. The van der Waals surface area contributed by atoms with E-state index in [2.05, 4.69) is 14.7 Å². The van der Waals surface area contributed by atoms with E-state index in [-0.39, 0.29) is 24.6 Å². The molecule has 1 saturated carbocycles. The van der Waals surface area contributed by atoms with Gasteiger partial charge in [0, 0.05) is 18.7 Å². The van der Waals surface area contributed by atoms with Crippen LogP contribution in [0.3, 0.4) is 0 Å². The number of aromatic nitrogens is 2. The van der Waals surface area contributed by atoms with Crippen LogP contribution in [0.1, 0.15) is 34.9 Å². The van der Waals surface area contributed by atoms with Crippen molar-refractivity contribution in [1.29, 1.82) is 0 Å². The standard InChI is InChI=1S/C13H14F3N3O3/c14-13(15,16)9-6-19(3-4-22-9)12(21)8-5-17-10(7-1-2-7)18-11(8)20/h5,7,9H,1-4,6H2,(H,17,18,20)/t9-/m1/s1. The summed E-state index contributed by atoms with van der Waals surface area (Å²) in [5.41, 5.74) is -0.857. The number of ether oxygens (including phenoxy) is 1. The fraction of sp³-hybridized carbons (Fsp3) is 0.615. The first-order valence-corrected chi connectivity index (χ1v) is 6.93. The van der Waals surface area contributed by atoms with Crippen LogP contribution >= 0.6 is 0 Å². The Morgan fingerprint density at radius 3 is 2.73 bits per heavy atom. The predicted molar refractivity (Wildman–Crippen MR) is 68.5 cm³/mol. The van der Waals surface area contributed by atoms with Crippen molar-refractivity contribution in [3.05, 3.63) is 27.9 Å². The van der Waals surface area contributed by atoms with Crippen LogP contribution in [0, 0.1) is 0 Å². The normalized spacial score (nSPS) is 22.7. The first-order chi connectivity index (χ1) is 10.4. The zero-order valence-electron chi connectivity index (χ0n) is 11.5. The Labute approximate surface area is 123 Å². The van der Waals surface area contributed by atoms with Crippen LogP contribution in [0.4, 0.5) is 13.2 Å². The van der Waals surface area contributed by atoms with Gasteiger partial charge in [0.2, 0.25) is 0 Å². The molecule has 3 rings (SSSR count). The SMILES string of the molecule is O=C(c1cnc(C2CC2)[nH]c1=O)N1CCO[C@@H](C(F)(F)F)C1. The molecule has 0 bridgehead atoms. The predicted octanol–water partition coefficient (Wildman–Crippen LogP) is 1.05. The van der Waals surface area contributed by atoms with Gasteiger partial charge in [0.15, 0.2) is 6.10 Å². The van der Waals surface area contributed by atoms with Gasteiger partial charge in [-0.2, -0.15) is 13.2 Å². The summed E-state index contributed by atoms with van der Waals surface area (Å²) >= 11 is 0. The van der Waals surface area contributed by atoms with Crippen LogP contribution in [0.15, 0.2) is 11.0 Å². The summed E-state index contributed by atoms with van der Waals surface area (Å²) in [6.45, 7) is -0.831. The lowest BCUT2D eigenvalue weighted by atomic mass is 10.2. The highest BCUT2D eigenvalue weighted by Crippen LogP contribution is 2.37. The van der Waals surface area contributed by atoms with Crippen molar-refractivity contribution in [2.45, 2.75) is 31.0 Å². The fourth-order valence-electron chi connectivity index (χ4n) is 2.33. The number of rotatable bonds is 2. The number of aromatic amines is 1. The minimum atomic E-state index is -4.54. The van der Waals surface area contributed by atoms with E-state index < -0.39 is 30.3 Å². The van der Waals surface area contributed by atoms with Crippen molar-refractivity contribution in [3.63, 3.8) is 0 Å². The lowest BCUT2D eigenvalue weighted by molar-refractivity contribution is -0.233. The van der Waals surface area contributed by atoms with Gasteiger partial charge in [0.25, 0.3) is 11.5 Å². The van der Waals surface area contributed by atoms with Gasteiger partial charge in [-0.15, -0.1) is 0 Å². The molecule has 1 aromatic rings. The van der Waals surface area contributed by atoms with E-state index in [0.717, 1.165) is 23.9 Å². The van der Waals surface area contributed by atoms with E-state index in [0.29, 0.717) is 5.82 Å². The maximum absolute atomic E-state index is 12.7. The Morgan fingerprint density at radius 2 is 2.14 bits per heavy atom. The summed E-state index contributed by atoms with van der Waals surface area (Å²) in [6, 6.07) is 0. The lowest BCUT2D eigenvalue weighted by Crippen LogP contribution is -2.51. The molecular formula is C13H14F3N3O3. The number of hydrogen-bond donors (Lipinski definition) is 1. The molecule has 1 aliphatic carbocycles. The molecule has 0 radical (unpaired) electrons. The summed E-state index contributed by atoms with van der Waals surface area (Å²) < 4.78 is 42.6. The molecule has 0 spiro atoms. The van der Waals surface area contributed by atoms with E-state index in [1.54, 1.807) is 0 Å². The smallest absolute Gasteiger partial charge is 0.365 e. The van der Waals surface area contributed by atoms with Crippen molar-refractivity contribution in [1.82, 2.24) is 14.9 Å². The Morgan fingerprint density at radius 1 is 1.41 bits per heavy atom. The minimum absolute atomic E-state index is 0.00916. The summed E-state index contributed by atoms with van der Waals surface area (Å²) in [7, 11) is 0. The zero-order chi connectivity index (χ0) is 15.9. The maximum atomic E-state index is 12.7. The summed E-state index contributed by atoms with van der Waals surface area (Å²) in [5.74, 6) is -0.0137. The summed E-state index contributed by atoms with van der Waals surface area (Å²) in [5, 5.41) is 0. The third-order valence-corrected chi connectivity index (χ3v) is 3.73. The number of alkyl halides is 3. The maximum Gasteiger partial charge on any atom is 0.416 e. The third-order valence-electron chi connectivity index (χ3n) is 3.73. The quantitative estimate of drug-likeness (QED) is 0.885. The average molecular weight is 317 g/mol. The summed E-state index contributed by atoms with van der Waals surface area (Å²) in [4.78, 5) is 31.7. The number of H-pyrrole nitrogens is 1. The van der Waals surface area contributed by atoms with Gasteiger partial charge >= 0.3 is 6.18 Å². The van der Waals surface area contributed by atoms with E-state index in [1.807, 2.05) is 0 Å². The molecule has 2 fully saturated rings. The van der Waals surface area contributed by atoms with Crippen molar-refractivity contribution >= 4 is 5.91 Å². The number of carbonyl (C=O) groups excluding carboxylic acids is 1. The molecule has 1 atom stereocenters. The largest absolute Gasteiger partial charge is 0.416 e. The Hall–Kier alpha value is -1.90. The molecule has 9 heteroatoms. The zero-order valence-corrected chi connectivity index (χ0v) is 11.5. The molecule has 1 saturated heterocycles. The molecule has 1 amide bonds. The van der Waals surface area contributed by atoms with E-state index in [9.17, 15) is 22.8 Å². The highest BCUT2D eigenvalue weighted by atomic mass is 19.4. The van der Waals surface area contributed by atoms with Crippen molar-refractivity contribution < 1.29 is 22.7 Å². The van der Waals surface area contributed by atoms with E-state index in [4.69, 9.17) is 0 Å². The first kappa shape index (κ1) is 15.0. The number of halogens is 3. The van der Waals surface area contributed by atoms with Crippen LogP contribution in [0.2, 0.25) is 0 Å². The summed E-state index contributed by atoms with van der Waals surface area (Å²) in [6.07, 6.45) is -3.55. The molecule has 0 unspecified atom stereocenters. The molecule has 1 aromatic heterocycles. The molecule has 2 aliphatic rings. The van der Waals surface area contributed by atoms with Crippen LogP contribution < -0.4 is 5.56 Å². The molecular weight excluding hydrogens is 303 g/mol. The second-order valence-electron chi connectivity index (χ2n) is 5.44. The second kappa shape index (κ2) is 5.38. The van der Waals surface area contributed by atoms with Crippen LogP contribution in [-0.2, 0) is 4.74 Å². The monoisotopic (exact) mass is 317 g/mol. The van der Waals surface area contributed by atoms with E-state index >= 15 is 0 Å². The van der Waals surface area contributed by atoms with Crippen molar-refractivity contribution in [2.24, 2.45) is 0 Å². The molecule has 120 valence electrons. The van der Waals surface area contributed by atoms with Crippen molar-refractivity contribution in [2.75, 3.05) is 19.7 Å². The Kier molecular flexibility index (Phi) is 3.67. The van der Waals surface area contributed by atoms with Gasteiger partial charge in [0.1, 0.15) is 11.4 Å². The van der Waals surface area contributed by atoms with Crippen LogP contribution in [0.25, 0.3) is 0 Å². The second-order valence-corrected chi connectivity index (χ2v) is 5.44. The van der Waals surface area contributed by atoms with Gasteiger partial charge in [-0.05, 0) is 12.8 Å². The van der Waals surface area contributed by atoms with Crippen LogP contribution in [-0.4, -0.2) is 52.8 Å². The number of hydrogen-bond acceptors (Lipinski definition) is 4. The molecule has 2 heterocycles. The van der Waals surface area contributed by atoms with Gasteiger partial charge in [0.05, 0.1) is 13.2 Å². The lowest BCUT2D eigenvalue weighted by Gasteiger charge is -2.33. The fourth-order valence-corrected chi connectivity index (χ4v) is 2.33. The average Bonchev–Trinajstić information content (AvgIpc) is 3.30. The number of nitrogens with zero attached hydrogens (tertiary/aromatic N) is 2. The van der Waals surface area contributed by atoms with Gasteiger partial charge in [-0.25, -0.2) is 4.98 Å². The molecule has 1 N–H and O–H groups in total. The van der Waals surface area contributed by atoms with Crippen molar-refractivity contribution in [3.8, 4) is 0 Å². The molecule has 0 aromatic carbocycles. The Balaban J connectivity index is 1.77. The molecule has 1 aliphatic heterocycles. The van der Waals surface area contributed by atoms with E-state index in [1.165, 1.54) is 0 Å². The molecule has 22 heavy (non-hydrogen) atoms. The molecule has 6 nitrogen and oxygen atoms in total. The minimum Gasteiger partial charge on any atom is -0.365 e. The third kappa shape index (κ3) is 2.99. The number of morpholine rings is 1. The highest BCUT2D eigenvalue weighted by Gasteiger charge is 2.44. The van der Waals surface area contributed by atoms with Gasteiger partial charge in [-0.1, -0.05) is 0 Å². The van der Waals surface area contributed by atoms with Gasteiger partial charge in [-0.3, -0.25) is 9.59 Å². The number of carbonyl (C=O) groups is 1. The topological polar surface area (TPSA) is 75.3 Å². The first-order valence-electron chi connectivity index (χ1n) is 6.93. The number of amides is 1. The van der Waals surface area contributed by atoms with Crippen LogP contribution in [0.5, 0.6) is 0 Å². The Bertz CT molecular complexity index is 639.